The molecule has 0 spiro atoms. The van der Waals surface area contributed by atoms with Crippen molar-refractivity contribution in [2.45, 2.75) is 9.79 Å². The highest BCUT2D eigenvalue weighted by atomic mass is 32.2. The third kappa shape index (κ3) is 4.70. The van der Waals surface area contributed by atoms with Crippen molar-refractivity contribution >= 4 is 50.0 Å². The van der Waals surface area contributed by atoms with Gasteiger partial charge in [0.05, 0.1) is 22.0 Å². The molecule has 0 heterocycles. The fraction of sp³-hybridized carbons (Fsp3) is 0.0556. The Labute approximate surface area is 159 Å². The smallest absolute Gasteiger partial charge is 0.313 e. The first-order valence-corrected chi connectivity index (χ1v) is 10.1. The van der Waals surface area contributed by atoms with Gasteiger partial charge in [0.25, 0.3) is 10.1 Å². The van der Waals surface area contributed by atoms with Gasteiger partial charge in [-0.15, -0.1) is 16.9 Å². The summed E-state index contributed by atoms with van der Waals surface area (Å²) in [5, 5.41) is 18.9. The van der Waals surface area contributed by atoms with Crippen LogP contribution < -0.4 is 0 Å². The number of azo groups is 1. The van der Waals surface area contributed by atoms with Crippen LogP contribution in [0.4, 0.5) is 11.4 Å². The quantitative estimate of drug-likeness (QED) is 0.351. The highest BCUT2D eigenvalue weighted by Gasteiger charge is 2.09. The summed E-state index contributed by atoms with van der Waals surface area (Å²) >= 11 is 1.23. The summed E-state index contributed by atoms with van der Waals surface area (Å²) in [6.45, 7) is 0. The molecule has 3 aromatic rings. The van der Waals surface area contributed by atoms with E-state index in [1.165, 1.54) is 36.0 Å². The minimum Gasteiger partial charge on any atom is -0.481 e. The maximum atomic E-state index is 11.1. The normalized spacial score (nSPS) is 11.9. The zero-order chi connectivity index (χ0) is 19.4. The van der Waals surface area contributed by atoms with Crippen molar-refractivity contribution in [1.82, 2.24) is 0 Å². The summed E-state index contributed by atoms with van der Waals surface area (Å²) in [6.07, 6.45) is 0. The Kier molecular flexibility index (Phi) is 5.54. The number of rotatable bonds is 6. The predicted octanol–water partition coefficient (Wildman–Crippen LogP) is 4.68. The monoisotopic (exact) mass is 402 g/mol. The molecule has 0 aromatic heterocycles. The Bertz CT molecular complexity index is 1130. The zero-order valence-electron chi connectivity index (χ0n) is 13.8. The van der Waals surface area contributed by atoms with Crippen LogP contribution in [0.5, 0.6) is 0 Å². The summed E-state index contributed by atoms with van der Waals surface area (Å²) in [5.41, 5.74) is 1.03. The van der Waals surface area contributed by atoms with Gasteiger partial charge in [-0.05, 0) is 41.8 Å². The van der Waals surface area contributed by atoms with Gasteiger partial charge in [-0.3, -0.25) is 9.35 Å². The molecule has 27 heavy (non-hydrogen) atoms. The average Bonchev–Trinajstić information content (AvgIpc) is 2.64. The Morgan fingerprint density at radius 1 is 0.926 bits per heavy atom. The van der Waals surface area contributed by atoms with Gasteiger partial charge in [0.1, 0.15) is 0 Å². The molecule has 0 aliphatic heterocycles. The minimum atomic E-state index is -4.25. The molecule has 0 bridgehead atoms. The molecule has 0 unspecified atom stereocenters. The van der Waals surface area contributed by atoms with Crippen LogP contribution in [0, 0.1) is 0 Å². The fourth-order valence-electron chi connectivity index (χ4n) is 2.40. The summed E-state index contributed by atoms with van der Waals surface area (Å²) < 4.78 is 31.1. The number of carbonyl (C=O) groups is 1. The van der Waals surface area contributed by atoms with Crippen LogP contribution in [0.2, 0.25) is 0 Å². The number of hydrogen-bond acceptors (Lipinski definition) is 6. The van der Waals surface area contributed by atoms with E-state index in [0.717, 1.165) is 15.7 Å². The molecule has 138 valence electrons. The highest BCUT2D eigenvalue weighted by molar-refractivity contribution is 8.00. The first kappa shape index (κ1) is 19.0. The van der Waals surface area contributed by atoms with E-state index >= 15 is 0 Å². The van der Waals surface area contributed by atoms with Gasteiger partial charge < -0.3 is 5.11 Å². The lowest BCUT2D eigenvalue weighted by Gasteiger charge is -2.07. The van der Waals surface area contributed by atoms with Crippen LogP contribution in [-0.2, 0) is 14.9 Å². The number of carboxylic acid groups (broad SMARTS) is 1. The number of aliphatic carboxylic acids is 1. The fourth-order valence-corrected chi connectivity index (χ4v) is 3.66. The molecule has 9 heteroatoms. The molecule has 7 nitrogen and oxygen atoms in total. The summed E-state index contributed by atoms with van der Waals surface area (Å²) in [4.78, 5) is 11.4. The van der Waals surface area contributed by atoms with E-state index in [0.29, 0.717) is 11.4 Å². The predicted molar refractivity (Wildman–Crippen MR) is 103 cm³/mol. The lowest BCUT2D eigenvalue weighted by Crippen LogP contribution is -1.97. The second kappa shape index (κ2) is 7.87. The van der Waals surface area contributed by atoms with Gasteiger partial charge in [-0.1, -0.05) is 24.3 Å². The van der Waals surface area contributed by atoms with Crippen LogP contribution in [-0.4, -0.2) is 29.8 Å². The Hall–Kier alpha value is -2.75. The van der Waals surface area contributed by atoms with Gasteiger partial charge in [-0.2, -0.15) is 13.5 Å². The molecule has 3 rings (SSSR count). The molecule has 0 saturated carbocycles. The second-order valence-corrected chi connectivity index (χ2v) is 7.92. The van der Waals surface area contributed by atoms with Gasteiger partial charge in [0.2, 0.25) is 0 Å². The number of benzene rings is 3. The van der Waals surface area contributed by atoms with Crippen molar-refractivity contribution in [2.75, 3.05) is 5.75 Å². The molecule has 3 aromatic carbocycles. The highest BCUT2D eigenvalue weighted by Crippen LogP contribution is 2.34. The molecule has 0 aliphatic carbocycles. The molecule has 0 saturated heterocycles. The van der Waals surface area contributed by atoms with Crippen molar-refractivity contribution in [2.24, 2.45) is 10.2 Å². The van der Waals surface area contributed by atoms with Crippen LogP contribution >= 0.6 is 11.8 Å². The van der Waals surface area contributed by atoms with Crippen molar-refractivity contribution in [1.29, 1.82) is 0 Å². The van der Waals surface area contributed by atoms with E-state index in [9.17, 15) is 13.2 Å². The van der Waals surface area contributed by atoms with Gasteiger partial charge in [0, 0.05) is 10.3 Å². The number of thioether (sulfide) groups is 1. The summed E-state index contributed by atoms with van der Waals surface area (Å²) in [5.74, 6) is -0.925. The Morgan fingerprint density at radius 3 is 2.22 bits per heavy atom. The first-order valence-electron chi connectivity index (χ1n) is 7.70. The zero-order valence-corrected chi connectivity index (χ0v) is 15.4. The summed E-state index contributed by atoms with van der Waals surface area (Å²) in [7, 11) is -4.25. The van der Waals surface area contributed by atoms with E-state index in [2.05, 4.69) is 10.2 Å². The maximum absolute atomic E-state index is 11.1. The lowest BCUT2D eigenvalue weighted by atomic mass is 10.1. The topological polar surface area (TPSA) is 116 Å². The van der Waals surface area contributed by atoms with E-state index < -0.39 is 16.1 Å². The molecule has 0 radical (unpaired) electrons. The van der Waals surface area contributed by atoms with Crippen molar-refractivity contribution in [3.05, 3.63) is 60.7 Å². The van der Waals surface area contributed by atoms with Crippen LogP contribution in [0.15, 0.2) is 80.7 Å². The van der Waals surface area contributed by atoms with Crippen molar-refractivity contribution in [3.63, 3.8) is 0 Å². The number of carboxylic acids is 1. The van der Waals surface area contributed by atoms with Crippen LogP contribution in [0.3, 0.4) is 0 Å². The van der Waals surface area contributed by atoms with Gasteiger partial charge in [0.15, 0.2) is 0 Å². The Balaban J connectivity index is 1.92. The van der Waals surface area contributed by atoms with Crippen LogP contribution in [0.1, 0.15) is 0 Å². The lowest BCUT2D eigenvalue weighted by molar-refractivity contribution is -0.133. The molecule has 0 atom stereocenters. The summed E-state index contributed by atoms with van der Waals surface area (Å²) in [6, 6.07) is 16.4. The molecule has 0 fully saturated rings. The SMILES string of the molecule is O=C(O)CSc1ccc(N=Nc2ccc(S(=O)(=O)O)cc2)c2ccccc12. The van der Waals surface area contributed by atoms with Gasteiger partial charge >= 0.3 is 5.97 Å². The van der Waals surface area contributed by atoms with E-state index in [1.807, 2.05) is 24.3 Å². The van der Waals surface area contributed by atoms with Gasteiger partial charge in [-0.25, -0.2) is 0 Å². The largest absolute Gasteiger partial charge is 0.481 e. The Morgan fingerprint density at radius 2 is 1.59 bits per heavy atom. The molecule has 0 aliphatic rings. The van der Waals surface area contributed by atoms with E-state index in [-0.39, 0.29) is 10.6 Å². The third-order valence-corrected chi connectivity index (χ3v) is 5.55. The number of hydrogen-bond donors (Lipinski definition) is 2. The molecule has 0 amide bonds. The maximum Gasteiger partial charge on any atom is 0.313 e. The molecular formula is C18H14N2O5S2. The first-order chi connectivity index (χ1) is 12.8. The average molecular weight is 402 g/mol. The van der Waals surface area contributed by atoms with Crippen LogP contribution in [0.25, 0.3) is 10.8 Å². The third-order valence-electron chi connectivity index (χ3n) is 3.62. The minimum absolute atomic E-state index is 0.0367. The van der Waals surface area contributed by atoms with Crippen molar-refractivity contribution < 1.29 is 22.9 Å². The number of fused-ring (bicyclic) bond motifs is 1. The standard InChI is InChI=1S/C18H14N2O5S2/c21-18(22)11-26-17-10-9-16(14-3-1-2-4-15(14)17)20-19-12-5-7-13(8-6-12)27(23,24)25/h1-10H,11H2,(H,21,22)(H,23,24,25). The van der Waals surface area contributed by atoms with Crippen molar-refractivity contribution in [3.8, 4) is 0 Å². The van der Waals surface area contributed by atoms with E-state index in [4.69, 9.17) is 9.66 Å². The number of nitrogens with zero attached hydrogens (tertiary/aromatic N) is 2. The van der Waals surface area contributed by atoms with E-state index in [1.54, 1.807) is 12.1 Å². The molecule has 2 N–H and O–H groups in total. The molecular weight excluding hydrogens is 388 g/mol. The second-order valence-electron chi connectivity index (χ2n) is 5.48.